The number of carbonyl (C=O) groups is 2. The summed E-state index contributed by atoms with van der Waals surface area (Å²) in [6, 6.07) is 10.0. The van der Waals surface area contributed by atoms with Crippen LogP contribution in [0, 0.1) is 0 Å². The van der Waals surface area contributed by atoms with E-state index in [4.69, 9.17) is 11.6 Å². The van der Waals surface area contributed by atoms with Crippen LogP contribution in [0.2, 0.25) is 5.02 Å². The fourth-order valence-corrected chi connectivity index (χ4v) is 4.57. The first-order valence-corrected chi connectivity index (χ1v) is 10.4. The Labute approximate surface area is 168 Å². The molecular formula is C19H19ClN2O5S. The average molecular weight is 423 g/mol. The van der Waals surface area contributed by atoms with Crippen molar-refractivity contribution >= 4 is 33.3 Å². The van der Waals surface area contributed by atoms with Crippen LogP contribution in [0.1, 0.15) is 27.6 Å². The van der Waals surface area contributed by atoms with Crippen LogP contribution in [0.3, 0.4) is 0 Å². The molecule has 0 saturated carbocycles. The highest BCUT2D eigenvalue weighted by Crippen LogP contribution is 2.25. The highest BCUT2D eigenvalue weighted by atomic mass is 35.5. The fourth-order valence-electron chi connectivity index (χ4n) is 2.96. The predicted molar refractivity (Wildman–Crippen MR) is 104 cm³/mol. The number of Topliss-reactive ketones (excluding diaryl/α,β-unsaturated/α-hetero) is 1. The zero-order chi connectivity index (χ0) is 20.5. The molecule has 9 heteroatoms. The first-order valence-electron chi connectivity index (χ1n) is 8.59. The van der Waals surface area contributed by atoms with Gasteiger partial charge in [-0.05, 0) is 37.3 Å². The second-order valence-electron chi connectivity index (χ2n) is 6.44. The molecule has 1 aliphatic heterocycles. The number of halogens is 1. The van der Waals surface area contributed by atoms with E-state index < -0.39 is 10.0 Å². The lowest BCUT2D eigenvalue weighted by atomic mass is 10.2. The van der Waals surface area contributed by atoms with Gasteiger partial charge in [-0.25, -0.2) is 8.42 Å². The van der Waals surface area contributed by atoms with Crippen molar-refractivity contribution in [1.29, 1.82) is 0 Å². The van der Waals surface area contributed by atoms with Crippen LogP contribution in [-0.4, -0.2) is 60.6 Å². The van der Waals surface area contributed by atoms with Crippen molar-refractivity contribution in [3.05, 3.63) is 58.6 Å². The summed E-state index contributed by atoms with van der Waals surface area (Å²) in [5.74, 6) is -0.514. The maximum absolute atomic E-state index is 12.8. The normalized spacial score (nSPS) is 15.4. The van der Waals surface area contributed by atoms with Crippen LogP contribution in [-0.2, 0) is 10.0 Å². The molecule has 2 aromatic carbocycles. The number of phenolic OH excluding ortho intramolecular Hbond substituents is 1. The first-order chi connectivity index (χ1) is 13.2. The standard InChI is InChI=1S/C19H19ClN2O5S/c1-13(23)14-2-5-16(6-3-14)28(26,27)22-10-8-21(9-11-22)19(25)15-4-7-18(24)17(20)12-15/h2-7,12,24H,8-11H2,1H3. The van der Waals surface area contributed by atoms with Crippen molar-refractivity contribution in [2.24, 2.45) is 0 Å². The number of sulfonamides is 1. The van der Waals surface area contributed by atoms with Gasteiger partial charge in [0.15, 0.2) is 5.78 Å². The number of hydrogen-bond acceptors (Lipinski definition) is 5. The molecule has 0 spiro atoms. The number of benzene rings is 2. The van der Waals surface area contributed by atoms with E-state index in [1.165, 1.54) is 53.7 Å². The van der Waals surface area contributed by atoms with Crippen molar-refractivity contribution in [3.63, 3.8) is 0 Å². The van der Waals surface area contributed by atoms with Gasteiger partial charge in [0.1, 0.15) is 5.75 Å². The number of rotatable bonds is 4. The molecule has 0 unspecified atom stereocenters. The third-order valence-electron chi connectivity index (χ3n) is 4.62. The van der Waals surface area contributed by atoms with E-state index in [0.29, 0.717) is 11.1 Å². The van der Waals surface area contributed by atoms with E-state index in [-0.39, 0.29) is 53.5 Å². The van der Waals surface area contributed by atoms with E-state index >= 15 is 0 Å². The molecule has 0 atom stereocenters. The largest absolute Gasteiger partial charge is 0.506 e. The van der Waals surface area contributed by atoms with Gasteiger partial charge >= 0.3 is 0 Å². The topological polar surface area (TPSA) is 95.0 Å². The lowest BCUT2D eigenvalue weighted by Gasteiger charge is -2.34. The van der Waals surface area contributed by atoms with E-state index in [1.54, 1.807) is 4.90 Å². The quantitative estimate of drug-likeness (QED) is 0.763. The summed E-state index contributed by atoms with van der Waals surface area (Å²) >= 11 is 5.85. The lowest BCUT2D eigenvalue weighted by molar-refractivity contribution is 0.0697. The van der Waals surface area contributed by atoms with Crippen molar-refractivity contribution in [1.82, 2.24) is 9.21 Å². The molecule has 28 heavy (non-hydrogen) atoms. The van der Waals surface area contributed by atoms with Gasteiger partial charge in [0.05, 0.1) is 9.92 Å². The molecule has 1 fully saturated rings. The zero-order valence-corrected chi connectivity index (χ0v) is 16.7. The van der Waals surface area contributed by atoms with Gasteiger partial charge < -0.3 is 10.0 Å². The summed E-state index contributed by atoms with van der Waals surface area (Å²) in [6.07, 6.45) is 0. The van der Waals surface area contributed by atoms with Crippen LogP contribution in [0.25, 0.3) is 0 Å². The maximum atomic E-state index is 12.8. The molecule has 1 heterocycles. The van der Waals surface area contributed by atoms with Crippen LogP contribution >= 0.6 is 11.6 Å². The van der Waals surface area contributed by atoms with Crippen molar-refractivity contribution in [3.8, 4) is 5.75 Å². The third kappa shape index (κ3) is 4.04. The predicted octanol–water partition coefficient (Wildman–Crippen LogP) is 2.39. The average Bonchev–Trinajstić information content (AvgIpc) is 2.69. The Bertz CT molecular complexity index is 1010. The monoisotopic (exact) mass is 422 g/mol. The molecule has 0 aromatic heterocycles. The highest BCUT2D eigenvalue weighted by Gasteiger charge is 2.30. The molecule has 1 saturated heterocycles. The molecule has 148 valence electrons. The molecular weight excluding hydrogens is 404 g/mol. The molecule has 1 N–H and O–H groups in total. The summed E-state index contributed by atoms with van der Waals surface area (Å²) < 4.78 is 26.9. The highest BCUT2D eigenvalue weighted by molar-refractivity contribution is 7.89. The Balaban J connectivity index is 1.69. The molecule has 3 rings (SSSR count). The Hall–Kier alpha value is -2.42. The van der Waals surface area contributed by atoms with E-state index in [9.17, 15) is 23.1 Å². The van der Waals surface area contributed by atoms with Crippen molar-refractivity contribution < 1.29 is 23.1 Å². The van der Waals surface area contributed by atoms with Gasteiger partial charge in [-0.1, -0.05) is 23.7 Å². The summed E-state index contributed by atoms with van der Waals surface area (Å²) in [4.78, 5) is 25.6. The molecule has 0 bridgehead atoms. The number of amides is 1. The Kier molecular flexibility index (Phi) is 5.74. The number of hydrogen-bond donors (Lipinski definition) is 1. The first kappa shape index (κ1) is 20.3. The fraction of sp³-hybridized carbons (Fsp3) is 0.263. The zero-order valence-electron chi connectivity index (χ0n) is 15.1. The Morgan fingerprint density at radius 1 is 0.964 bits per heavy atom. The number of ketones is 1. The van der Waals surface area contributed by atoms with Crippen LogP contribution < -0.4 is 0 Å². The molecule has 1 amide bonds. The SMILES string of the molecule is CC(=O)c1ccc(S(=O)(=O)N2CCN(C(=O)c3ccc(O)c(Cl)c3)CC2)cc1. The molecule has 2 aromatic rings. The molecule has 1 aliphatic rings. The lowest BCUT2D eigenvalue weighted by Crippen LogP contribution is -2.50. The van der Waals surface area contributed by atoms with Crippen LogP contribution in [0.4, 0.5) is 0 Å². The van der Waals surface area contributed by atoms with Gasteiger partial charge in [0.2, 0.25) is 10.0 Å². The smallest absolute Gasteiger partial charge is 0.253 e. The summed E-state index contributed by atoms with van der Waals surface area (Å²) in [5.41, 5.74) is 0.779. The molecule has 7 nitrogen and oxygen atoms in total. The number of phenols is 1. The summed E-state index contributed by atoms with van der Waals surface area (Å²) in [7, 11) is -3.70. The molecule has 0 radical (unpaired) electrons. The minimum absolute atomic E-state index is 0.0843. The minimum atomic E-state index is -3.70. The van der Waals surface area contributed by atoms with Crippen molar-refractivity contribution in [2.45, 2.75) is 11.8 Å². The van der Waals surface area contributed by atoms with Crippen LogP contribution in [0.5, 0.6) is 5.75 Å². The van der Waals surface area contributed by atoms with E-state index in [1.807, 2.05) is 0 Å². The van der Waals surface area contributed by atoms with Gasteiger partial charge in [0, 0.05) is 37.3 Å². The summed E-state index contributed by atoms with van der Waals surface area (Å²) in [6.45, 7) is 2.22. The molecule has 0 aliphatic carbocycles. The minimum Gasteiger partial charge on any atom is -0.506 e. The van der Waals surface area contributed by atoms with Gasteiger partial charge in [-0.2, -0.15) is 4.31 Å². The number of piperazine rings is 1. The number of carbonyl (C=O) groups excluding carboxylic acids is 2. The van der Waals surface area contributed by atoms with Gasteiger partial charge in [0.25, 0.3) is 5.91 Å². The summed E-state index contributed by atoms with van der Waals surface area (Å²) in [5, 5.41) is 9.55. The van der Waals surface area contributed by atoms with Crippen molar-refractivity contribution in [2.75, 3.05) is 26.2 Å². The Morgan fingerprint density at radius 2 is 1.54 bits per heavy atom. The van der Waals surface area contributed by atoms with E-state index in [2.05, 4.69) is 0 Å². The van der Waals surface area contributed by atoms with E-state index in [0.717, 1.165) is 0 Å². The Morgan fingerprint density at radius 3 is 2.07 bits per heavy atom. The second kappa shape index (κ2) is 7.90. The number of nitrogens with zero attached hydrogens (tertiary/aromatic N) is 2. The van der Waals surface area contributed by atoms with Crippen LogP contribution in [0.15, 0.2) is 47.4 Å². The number of aromatic hydroxyl groups is 1. The van der Waals surface area contributed by atoms with Gasteiger partial charge in [-0.15, -0.1) is 0 Å². The maximum Gasteiger partial charge on any atom is 0.253 e. The second-order valence-corrected chi connectivity index (χ2v) is 8.79. The van der Waals surface area contributed by atoms with Gasteiger partial charge in [-0.3, -0.25) is 9.59 Å². The third-order valence-corrected chi connectivity index (χ3v) is 6.83.